The van der Waals surface area contributed by atoms with Crippen LogP contribution in [-0.2, 0) is 11.0 Å². The maximum Gasteiger partial charge on any atom is 0.353 e. The quantitative estimate of drug-likeness (QED) is 0.688. The van der Waals surface area contributed by atoms with E-state index in [0.717, 1.165) is 0 Å². The van der Waals surface area contributed by atoms with Crippen LogP contribution >= 0.6 is 0 Å². The zero-order valence-corrected chi connectivity index (χ0v) is 8.59. The van der Waals surface area contributed by atoms with E-state index in [1.807, 2.05) is 0 Å². The van der Waals surface area contributed by atoms with Gasteiger partial charge in [-0.3, -0.25) is 9.82 Å². The highest BCUT2D eigenvalue weighted by molar-refractivity contribution is 7.86. The Morgan fingerprint density at radius 2 is 2.36 bits per heavy atom. The van der Waals surface area contributed by atoms with Gasteiger partial charge in [0.25, 0.3) is 0 Å². The van der Waals surface area contributed by atoms with E-state index in [1.54, 1.807) is 13.8 Å². The second-order valence-electron chi connectivity index (χ2n) is 2.92. The molecule has 0 aliphatic heterocycles. The first kappa shape index (κ1) is 10.7. The minimum atomic E-state index is -1.25. The van der Waals surface area contributed by atoms with Crippen LogP contribution in [0.4, 0.5) is 5.82 Å². The number of carboxylic acids is 1. The number of aromatic nitrogens is 2. The van der Waals surface area contributed by atoms with Gasteiger partial charge < -0.3 is 5.11 Å². The Hall–Kier alpha value is -1.37. The highest BCUT2D eigenvalue weighted by Gasteiger charge is 2.10. The third-order valence-electron chi connectivity index (χ3n) is 1.44. The molecular formula is C7H11N3O3S. The van der Waals surface area contributed by atoms with Crippen LogP contribution in [0.1, 0.15) is 24.3 Å². The summed E-state index contributed by atoms with van der Waals surface area (Å²) in [6.45, 7) is 3.57. The van der Waals surface area contributed by atoms with E-state index >= 15 is 0 Å². The fourth-order valence-electron chi connectivity index (χ4n) is 0.704. The van der Waals surface area contributed by atoms with Crippen molar-refractivity contribution >= 4 is 22.8 Å². The highest BCUT2D eigenvalue weighted by Crippen LogP contribution is 2.07. The zero-order valence-electron chi connectivity index (χ0n) is 7.77. The van der Waals surface area contributed by atoms with Crippen molar-refractivity contribution in [3.63, 3.8) is 0 Å². The zero-order chi connectivity index (χ0) is 10.7. The minimum Gasteiger partial charge on any atom is -0.477 e. The van der Waals surface area contributed by atoms with Crippen molar-refractivity contribution in [2.24, 2.45) is 0 Å². The minimum absolute atomic E-state index is 0.0340. The number of hydrogen-bond donors (Lipinski definition) is 3. The normalized spacial score (nSPS) is 12.8. The third-order valence-corrected chi connectivity index (χ3v) is 2.71. The summed E-state index contributed by atoms with van der Waals surface area (Å²) in [5, 5.41) is 14.5. The lowest BCUT2D eigenvalue weighted by Gasteiger charge is -2.04. The predicted molar refractivity (Wildman–Crippen MR) is 52.4 cm³/mol. The van der Waals surface area contributed by atoms with Crippen molar-refractivity contribution in [1.29, 1.82) is 0 Å². The molecule has 1 aromatic rings. The summed E-state index contributed by atoms with van der Waals surface area (Å²) >= 11 is 0. The number of nitrogens with one attached hydrogen (secondary N) is 2. The Morgan fingerprint density at radius 3 is 2.79 bits per heavy atom. The molecule has 7 heteroatoms. The standard InChI is InChI=1S/C7H11N3O3S/c1-4(2)14(13)10-6-3-5(7(11)12)8-9-6/h3-4H,1-2H3,(H,11,12)(H2,8,9,10). The maximum atomic E-state index is 11.3. The molecule has 1 rings (SSSR count). The molecule has 1 aromatic heterocycles. The predicted octanol–water partition coefficient (Wildman–Crippen LogP) is 0.592. The van der Waals surface area contributed by atoms with E-state index in [0.29, 0.717) is 0 Å². The molecule has 0 bridgehead atoms. The molecule has 1 unspecified atom stereocenters. The van der Waals surface area contributed by atoms with Gasteiger partial charge in [-0.1, -0.05) is 0 Å². The number of H-pyrrole nitrogens is 1. The van der Waals surface area contributed by atoms with E-state index in [4.69, 9.17) is 5.11 Å². The number of nitrogens with zero attached hydrogens (tertiary/aromatic N) is 1. The van der Waals surface area contributed by atoms with E-state index in [2.05, 4.69) is 14.9 Å². The summed E-state index contributed by atoms with van der Waals surface area (Å²) in [6.07, 6.45) is 0. The van der Waals surface area contributed by atoms with Crippen molar-refractivity contribution < 1.29 is 14.1 Å². The number of anilines is 1. The summed E-state index contributed by atoms with van der Waals surface area (Å²) in [4.78, 5) is 10.5. The number of aromatic carboxylic acids is 1. The molecule has 78 valence electrons. The van der Waals surface area contributed by atoms with Crippen molar-refractivity contribution in [3.05, 3.63) is 11.8 Å². The average Bonchev–Trinajstić information content (AvgIpc) is 2.52. The first-order chi connectivity index (χ1) is 6.50. The maximum absolute atomic E-state index is 11.3. The van der Waals surface area contributed by atoms with Gasteiger partial charge in [0.2, 0.25) is 0 Å². The Morgan fingerprint density at radius 1 is 1.71 bits per heavy atom. The Bertz CT molecular complexity index is 361. The molecule has 1 heterocycles. The van der Waals surface area contributed by atoms with Crippen molar-refractivity contribution in [2.75, 3.05) is 4.72 Å². The first-order valence-corrected chi connectivity index (χ1v) is 5.18. The van der Waals surface area contributed by atoms with Gasteiger partial charge in [0.05, 0.1) is 0 Å². The van der Waals surface area contributed by atoms with E-state index in [9.17, 15) is 9.00 Å². The first-order valence-electron chi connectivity index (χ1n) is 3.96. The van der Waals surface area contributed by atoms with Gasteiger partial charge in [-0.25, -0.2) is 9.00 Å². The van der Waals surface area contributed by atoms with Crippen molar-refractivity contribution in [2.45, 2.75) is 19.1 Å². The van der Waals surface area contributed by atoms with Crippen LogP contribution in [0.25, 0.3) is 0 Å². The van der Waals surface area contributed by atoms with Gasteiger partial charge in [-0.05, 0) is 13.8 Å². The largest absolute Gasteiger partial charge is 0.477 e. The molecule has 0 aliphatic rings. The Labute approximate surface area is 83.3 Å². The van der Waals surface area contributed by atoms with Gasteiger partial charge in [-0.15, -0.1) is 0 Å². The smallest absolute Gasteiger partial charge is 0.353 e. The molecule has 0 saturated carbocycles. The second-order valence-corrected chi connectivity index (χ2v) is 4.66. The third kappa shape index (κ3) is 2.56. The van der Waals surface area contributed by atoms with Crippen LogP contribution in [0, 0.1) is 0 Å². The topological polar surface area (TPSA) is 95.1 Å². The summed E-state index contributed by atoms with van der Waals surface area (Å²) in [5.41, 5.74) is -0.0340. The molecule has 14 heavy (non-hydrogen) atoms. The van der Waals surface area contributed by atoms with Gasteiger partial charge in [0, 0.05) is 11.3 Å². The molecule has 0 fully saturated rings. The Kier molecular flexibility index (Phi) is 3.23. The Balaban J connectivity index is 2.69. The molecule has 3 N–H and O–H groups in total. The molecule has 0 saturated heterocycles. The summed E-state index contributed by atoms with van der Waals surface area (Å²) < 4.78 is 13.9. The number of carbonyl (C=O) groups is 1. The van der Waals surface area contributed by atoms with Crippen LogP contribution in [0.3, 0.4) is 0 Å². The lowest BCUT2D eigenvalue weighted by molar-refractivity contribution is 0.0690. The van der Waals surface area contributed by atoms with E-state index in [1.165, 1.54) is 6.07 Å². The molecule has 0 aliphatic carbocycles. The molecule has 0 radical (unpaired) electrons. The summed E-state index contributed by atoms with van der Waals surface area (Å²) in [7, 11) is -1.25. The van der Waals surface area contributed by atoms with Gasteiger partial charge >= 0.3 is 5.97 Å². The van der Waals surface area contributed by atoms with E-state index in [-0.39, 0.29) is 16.8 Å². The molecular weight excluding hydrogens is 206 g/mol. The number of carboxylic acid groups (broad SMARTS) is 1. The molecule has 6 nitrogen and oxygen atoms in total. The molecule has 1 atom stereocenters. The fourth-order valence-corrected chi connectivity index (χ4v) is 1.25. The molecule has 0 amide bonds. The van der Waals surface area contributed by atoms with Crippen LogP contribution in [-0.4, -0.2) is 30.7 Å². The summed E-state index contributed by atoms with van der Waals surface area (Å²) in [5.74, 6) is -0.824. The van der Waals surface area contributed by atoms with Crippen LogP contribution in [0.5, 0.6) is 0 Å². The van der Waals surface area contributed by atoms with Gasteiger partial charge in [0.15, 0.2) is 5.82 Å². The number of aromatic amines is 1. The lowest BCUT2D eigenvalue weighted by Crippen LogP contribution is -2.14. The number of hydrogen-bond acceptors (Lipinski definition) is 3. The second kappa shape index (κ2) is 4.23. The summed E-state index contributed by atoms with van der Waals surface area (Å²) in [6, 6.07) is 1.29. The highest BCUT2D eigenvalue weighted by atomic mass is 32.2. The van der Waals surface area contributed by atoms with Crippen molar-refractivity contribution in [1.82, 2.24) is 10.2 Å². The monoisotopic (exact) mass is 217 g/mol. The molecule has 0 aromatic carbocycles. The van der Waals surface area contributed by atoms with E-state index < -0.39 is 17.0 Å². The van der Waals surface area contributed by atoms with Crippen LogP contribution in [0.15, 0.2) is 6.07 Å². The van der Waals surface area contributed by atoms with Gasteiger partial charge in [0.1, 0.15) is 16.7 Å². The SMILES string of the molecule is CC(C)S(=O)Nc1cc(C(=O)O)[nH]n1. The van der Waals surface area contributed by atoms with Crippen LogP contribution in [0.2, 0.25) is 0 Å². The fraction of sp³-hybridized carbons (Fsp3) is 0.429. The van der Waals surface area contributed by atoms with Crippen molar-refractivity contribution in [3.8, 4) is 0 Å². The van der Waals surface area contributed by atoms with Crippen LogP contribution < -0.4 is 4.72 Å². The number of rotatable bonds is 4. The molecule has 0 spiro atoms. The average molecular weight is 217 g/mol. The lowest BCUT2D eigenvalue weighted by atomic mass is 10.4. The van der Waals surface area contributed by atoms with Gasteiger partial charge in [-0.2, -0.15) is 5.10 Å².